The molecule has 3 heterocycles. The number of furan rings is 1. The Morgan fingerprint density at radius 3 is 2.80 bits per heavy atom. The van der Waals surface area contributed by atoms with Crippen LogP contribution in [0.5, 0.6) is 0 Å². The molecule has 0 unspecified atom stereocenters. The zero-order valence-electron chi connectivity index (χ0n) is 16.7. The van der Waals surface area contributed by atoms with Crippen LogP contribution in [0.3, 0.4) is 0 Å². The van der Waals surface area contributed by atoms with Gasteiger partial charge in [0.2, 0.25) is 0 Å². The van der Waals surface area contributed by atoms with Gasteiger partial charge in [0.05, 0.1) is 29.4 Å². The molecule has 8 heteroatoms. The van der Waals surface area contributed by atoms with Crippen molar-refractivity contribution < 1.29 is 37.8 Å². The second-order valence-electron chi connectivity index (χ2n) is 7.97. The van der Waals surface area contributed by atoms with Gasteiger partial charge in [-0.2, -0.15) is 0 Å². The minimum absolute atomic E-state index is 0.0235. The molecule has 30 heavy (non-hydrogen) atoms. The number of hydrogen-bond donors (Lipinski definition) is 0. The van der Waals surface area contributed by atoms with Crippen molar-refractivity contribution in [2.75, 3.05) is 6.61 Å². The molecule has 0 saturated carbocycles. The molecule has 0 amide bonds. The Bertz CT molecular complexity index is 954. The normalized spacial score (nSPS) is 29.3. The minimum Gasteiger partial charge on any atom is -0.472 e. The van der Waals surface area contributed by atoms with Crippen molar-refractivity contribution in [2.45, 2.75) is 45.3 Å². The van der Waals surface area contributed by atoms with Crippen LogP contribution in [0.2, 0.25) is 0 Å². The fourth-order valence-corrected chi connectivity index (χ4v) is 4.55. The van der Waals surface area contributed by atoms with Gasteiger partial charge in [0.25, 0.3) is 0 Å². The molecule has 0 aromatic carbocycles. The lowest BCUT2D eigenvalue weighted by atomic mass is 9.66. The van der Waals surface area contributed by atoms with Gasteiger partial charge in [-0.25, -0.2) is 4.79 Å². The summed E-state index contributed by atoms with van der Waals surface area (Å²) in [7, 11) is 0. The molecule has 1 aromatic heterocycles. The Hall–Kier alpha value is -3.16. The van der Waals surface area contributed by atoms with Gasteiger partial charge in [0.15, 0.2) is 5.78 Å². The van der Waals surface area contributed by atoms with Crippen LogP contribution in [0.1, 0.15) is 44.8 Å². The Morgan fingerprint density at radius 2 is 2.13 bits per heavy atom. The van der Waals surface area contributed by atoms with E-state index in [9.17, 15) is 19.2 Å². The summed E-state index contributed by atoms with van der Waals surface area (Å²) >= 11 is 0. The van der Waals surface area contributed by atoms with E-state index in [1.165, 1.54) is 25.5 Å². The first-order valence-electron chi connectivity index (χ1n) is 9.79. The number of esters is 3. The van der Waals surface area contributed by atoms with Gasteiger partial charge in [0.1, 0.15) is 18.8 Å². The van der Waals surface area contributed by atoms with Crippen LogP contribution in [0.15, 0.2) is 46.3 Å². The third-order valence-corrected chi connectivity index (χ3v) is 6.07. The summed E-state index contributed by atoms with van der Waals surface area (Å²) in [5, 5.41) is 0. The molecule has 0 N–H and O–H groups in total. The summed E-state index contributed by atoms with van der Waals surface area (Å²) in [6.07, 6.45) is 5.31. The highest BCUT2D eigenvalue weighted by Crippen LogP contribution is 2.47. The number of ketones is 1. The number of carbonyl (C=O) groups is 4. The van der Waals surface area contributed by atoms with E-state index in [1.807, 2.05) is 0 Å². The molecule has 1 aromatic rings. The van der Waals surface area contributed by atoms with Gasteiger partial charge >= 0.3 is 17.9 Å². The van der Waals surface area contributed by atoms with Crippen molar-refractivity contribution in [3.05, 3.63) is 47.5 Å². The molecule has 0 radical (unpaired) electrons. The Morgan fingerprint density at radius 1 is 1.33 bits per heavy atom. The number of allylic oxidation sites excluding steroid dienone is 2. The molecule has 2 aliphatic heterocycles. The van der Waals surface area contributed by atoms with Crippen molar-refractivity contribution in [3.63, 3.8) is 0 Å². The maximum atomic E-state index is 12.9. The molecule has 4 atom stereocenters. The maximum Gasteiger partial charge on any atom is 0.338 e. The van der Waals surface area contributed by atoms with Gasteiger partial charge in [-0.1, -0.05) is 11.6 Å². The second-order valence-corrected chi connectivity index (χ2v) is 7.97. The fraction of sp³-hybridized carbons (Fsp3) is 0.455. The molecule has 1 fully saturated rings. The molecule has 158 valence electrons. The SMILES string of the molecule is CC(=O)O[C@H](C[C@@]12COC(=O)[C@@H]1CC=CC2=O)C1=C(C)C[C@H](c2ccoc2)OC1=O. The Labute approximate surface area is 172 Å². The summed E-state index contributed by atoms with van der Waals surface area (Å²) in [5.41, 5.74) is 0.466. The number of ether oxygens (including phenoxy) is 3. The predicted molar refractivity (Wildman–Crippen MR) is 101 cm³/mol. The molecule has 1 saturated heterocycles. The van der Waals surface area contributed by atoms with Crippen LogP contribution in [0.4, 0.5) is 0 Å². The van der Waals surface area contributed by atoms with Gasteiger partial charge in [-0.15, -0.1) is 0 Å². The van der Waals surface area contributed by atoms with Crippen LogP contribution >= 0.6 is 0 Å². The van der Waals surface area contributed by atoms with Crippen molar-refractivity contribution in [3.8, 4) is 0 Å². The molecule has 3 aliphatic rings. The van der Waals surface area contributed by atoms with Crippen LogP contribution in [0, 0.1) is 11.3 Å². The number of cyclic esters (lactones) is 2. The van der Waals surface area contributed by atoms with Crippen LogP contribution in [-0.4, -0.2) is 36.4 Å². The Kier molecular flexibility index (Phi) is 5.09. The predicted octanol–water partition coefficient (Wildman–Crippen LogP) is 2.59. The number of fused-ring (bicyclic) bond motifs is 1. The minimum atomic E-state index is -1.17. The van der Waals surface area contributed by atoms with E-state index in [2.05, 4.69) is 0 Å². The van der Waals surface area contributed by atoms with E-state index in [1.54, 1.807) is 19.1 Å². The third kappa shape index (κ3) is 3.36. The largest absolute Gasteiger partial charge is 0.472 e. The number of hydrogen-bond acceptors (Lipinski definition) is 8. The lowest BCUT2D eigenvalue weighted by Gasteiger charge is -2.36. The zero-order valence-corrected chi connectivity index (χ0v) is 16.7. The standard InChI is InChI=1S/C22H22O8/c1-12-8-16(14-6-7-27-10-14)30-21(26)19(12)17(29-13(2)23)9-22-11-28-20(25)15(22)4-3-5-18(22)24/h3,5-7,10,15-17H,4,8-9,11H2,1-2H3/t15-,16+,17+,22+/m0/s1. The zero-order chi connectivity index (χ0) is 21.5. The lowest BCUT2D eigenvalue weighted by molar-refractivity contribution is -0.154. The summed E-state index contributed by atoms with van der Waals surface area (Å²) in [6, 6.07) is 1.72. The van der Waals surface area contributed by atoms with Crippen LogP contribution < -0.4 is 0 Å². The summed E-state index contributed by atoms with van der Waals surface area (Å²) in [6.45, 7) is 2.91. The smallest absolute Gasteiger partial charge is 0.338 e. The summed E-state index contributed by atoms with van der Waals surface area (Å²) in [5.74, 6) is -2.59. The van der Waals surface area contributed by atoms with Crippen molar-refractivity contribution in [1.29, 1.82) is 0 Å². The lowest BCUT2D eigenvalue weighted by Crippen LogP contribution is -2.45. The fourth-order valence-electron chi connectivity index (χ4n) is 4.55. The average Bonchev–Trinajstić information content (AvgIpc) is 3.31. The number of carbonyl (C=O) groups excluding carboxylic acids is 4. The van der Waals surface area contributed by atoms with Crippen molar-refractivity contribution in [1.82, 2.24) is 0 Å². The van der Waals surface area contributed by atoms with Gasteiger partial charge in [-0.05, 0) is 25.5 Å². The summed E-state index contributed by atoms with van der Waals surface area (Å²) < 4.78 is 21.3. The van der Waals surface area contributed by atoms with Gasteiger partial charge in [0, 0.05) is 25.3 Å². The first-order chi connectivity index (χ1) is 14.3. The van der Waals surface area contributed by atoms with E-state index in [0.717, 1.165) is 5.56 Å². The van der Waals surface area contributed by atoms with E-state index < -0.39 is 41.4 Å². The quantitative estimate of drug-likeness (QED) is 0.534. The monoisotopic (exact) mass is 414 g/mol. The van der Waals surface area contributed by atoms with Gasteiger partial charge in [-0.3, -0.25) is 14.4 Å². The molecule has 0 spiro atoms. The summed E-state index contributed by atoms with van der Waals surface area (Å²) in [4.78, 5) is 49.8. The third-order valence-electron chi connectivity index (χ3n) is 6.07. The second kappa shape index (κ2) is 7.59. The van der Waals surface area contributed by atoms with E-state index >= 15 is 0 Å². The van der Waals surface area contributed by atoms with E-state index in [0.29, 0.717) is 18.4 Å². The first kappa shape index (κ1) is 20.1. The van der Waals surface area contributed by atoms with Crippen LogP contribution in [-0.2, 0) is 33.4 Å². The maximum absolute atomic E-state index is 12.9. The highest BCUT2D eigenvalue weighted by atomic mass is 16.6. The molecule has 8 nitrogen and oxygen atoms in total. The molecular weight excluding hydrogens is 392 g/mol. The molecule has 4 rings (SSSR count). The molecule has 0 bridgehead atoms. The van der Waals surface area contributed by atoms with E-state index in [4.69, 9.17) is 18.6 Å². The molecular formula is C22H22O8. The highest BCUT2D eigenvalue weighted by molar-refractivity contribution is 6.01. The Balaban J connectivity index is 1.68. The highest BCUT2D eigenvalue weighted by Gasteiger charge is 2.57. The average molecular weight is 414 g/mol. The van der Waals surface area contributed by atoms with Crippen molar-refractivity contribution in [2.24, 2.45) is 11.3 Å². The topological polar surface area (TPSA) is 109 Å². The number of rotatable bonds is 5. The molecule has 1 aliphatic carbocycles. The van der Waals surface area contributed by atoms with Gasteiger partial charge < -0.3 is 18.6 Å². The van der Waals surface area contributed by atoms with Crippen LogP contribution in [0.25, 0.3) is 0 Å². The van der Waals surface area contributed by atoms with Crippen molar-refractivity contribution >= 4 is 23.7 Å². The first-order valence-corrected chi connectivity index (χ1v) is 9.79. The van der Waals surface area contributed by atoms with E-state index in [-0.39, 0.29) is 24.4 Å².